The van der Waals surface area contributed by atoms with E-state index in [0.29, 0.717) is 17.8 Å². The van der Waals surface area contributed by atoms with Crippen LogP contribution in [-0.2, 0) is 6.42 Å². The van der Waals surface area contributed by atoms with Crippen LogP contribution < -0.4 is 10.2 Å². The Morgan fingerprint density at radius 3 is 2.75 bits per heavy atom. The highest BCUT2D eigenvalue weighted by atomic mass is 16.2. The topological polar surface area (TPSA) is 56.1 Å². The van der Waals surface area contributed by atoms with E-state index in [1.807, 2.05) is 24.3 Å². The SMILES string of the molecule is N#Cc1ccccc1NC(=O)N1CCc2ccccc21. The van der Waals surface area contributed by atoms with Gasteiger partial charge in [-0.05, 0) is 30.2 Å². The smallest absolute Gasteiger partial charge is 0.306 e. The highest BCUT2D eigenvalue weighted by molar-refractivity contribution is 6.03. The van der Waals surface area contributed by atoms with Crippen molar-refractivity contribution < 1.29 is 4.79 Å². The molecule has 2 aromatic carbocycles. The van der Waals surface area contributed by atoms with Crippen LogP contribution in [0.5, 0.6) is 0 Å². The van der Waals surface area contributed by atoms with Crippen molar-refractivity contribution in [2.24, 2.45) is 0 Å². The summed E-state index contributed by atoms with van der Waals surface area (Å²) in [7, 11) is 0. The summed E-state index contributed by atoms with van der Waals surface area (Å²) in [6.45, 7) is 0.667. The molecule has 1 aliphatic heterocycles. The first-order chi connectivity index (χ1) is 9.79. The standard InChI is InChI=1S/C16H13N3O/c17-11-13-6-1-3-7-14(13)18-16(20)19-10-9-12-5-2-4-8-15(12)19/h1-8H,9-10H2,(H,18,20). The van der Waals surface area contributed by atoms with Crippen LogP contribution in [0.4, 0.5) is 16.2 Å². The molecule has 4 nitrogen and oxygen atoms in total. The maximum atomic E-state index is 12.4. The fraction of sp³-hybridized carbons (Fsp3) is 0.125. The zero-order valence-electron chi connectivity index (χ0n) is 10.8. The van der Waals surface area contributed by atoms with Gasteiger partial charge >= 0.3 is 6.03 Å². The first kappa shape index (κ1) is 12.2. The number of anilines is 2. The van der Waals surface area contributed by atoms with E-state index in [2.05, 4.69) is 11.4 Å². The molecule has 0 saturated heterocycles. The Labute approximate surface area is 117 Å². The zero-order chi connectivity index (χ0) is 13.9. The van der Waals surface area contributed by atoms with Crippen molar-refractivity contribution in [2.45, 2.75) is 6.42 Å². The van der Waals surface area contributed by atoms with Gasteiger partial charge < -0.3 is 5.32 Å². The number of nitrogens with one attached hydrogen (secondary N) is 1. The van der Waals surface area contributed by atoms with Crippen molar-refractivity contribution in [1.29, 1.82) is 5.26 Å². The van der Waals surface area contributed by atoms with Crippen LogP contribution in [0.1, 0.15) is 11.1 Å². The van der Waals surface area contributed by atoms with Crippen molar-refractivity contribution in [3.63, 3.8) is 0 Å². The lowest BCUT2D eigenvalue weighted by atomic mass is 10.2. The highest BCUT2D eigenvalue weighted by Gasteiger charge is 2.24. The summed E-state index contributed by atoms with van der Waals surface area (Å²) >= 11 is 0. The molecule has 0 bridgehead atoms. The molecule has 98 valence electrons. The van der Waals surface area contributed by atoms with Gasteiger partial charge in [0.2, 0.25) is 0 Å². The molecule has 1 N–H and O–H groups in total. The Kier molecular flexibility index (Phi) is 3.10. The lowest BCUT2D eigenvalue weighted by molar-refractivity contribution is 0.257. The molecule has 2 aromatic rings. The maximum absolute atomic E-state index is 12.4. The number of fused-ring (bicyclic) bond motifs is 1. The van der Waals surface area contributed by atoms with E-state index >= 15 is 0 Å². The molecule has 2 amide bonds. The van der Waals surface area contributed by atoms with Gasteiger partial charge in [-0.15, -0.1) is 0 Å². The van der Waals surface area contributed by atoms with Gasteiger partial charge in [-0.2, -0.15) is 5.26 Å². The second kappa shape index (κ2) is 5.06. The monoisotopic (exact) mass is 263 g/mol. The molecular weight excluding hydrogens is 250 g/mol. The normalized spacial score (nSPS) is 12.7. The van der Waals surface area contributed by atoms with Gasteiger partial charge in [0.25, 0.3) is 0 Å². The Morgan fingerprint density at radius 2 is 1.90 bits per heavy atom. The number of rotatable bonds is 1. The minimum Gasteiger partial charge on any atom is -0.306 e. The molecular formula is C16H13N3O. The average molecular weight is 263 g/mol. The van der Waals surface area contributed by atoms with Gasteiger partial charge in [0.05, 0.1) is 11.3 Å². The molecule has 0 fully saturated rings. The van der Waals surface area contributed by atoms with E-state index < -0.39 is 0 Å². The summed E-state index contributed by atoms with van der Waals surface area (Å²) < 4.78 is 0. The van der Waals surface area contributed by atoms with Crippen molar-refractivity contribution in [3.05, 3.63) is 59.7 Å². The minimum atomic E-state index is -0.197. The molecule has 0 aromatic heterocycles. The Hall–Kier alpha value is -2.80. The Balaban J connectivity index is 1.83. The van der Waals surface area contributed by atoms with Gasteiger partial charge in [0.15, 0.2) is 0 Å². The van der Waals surface area contributed by atoms with Crippen LogP contribution in [-0.4, -0.2) is 12.6 Å². The van der Waals surface area contributed by atoms with E-state index in [4.69, 9.17) is 5.26 Å². The molecule has 1 heterocycles. The summed E-state index contributed by atoms with van der Waals surface area (Å²) in [4.78, 5) is 14.1. The van der Waals surface area contributed by atoms with Crippen LogP contribution in [0.3, 0.4) is 0 Å². The molecule has 0 aliphatic carbocycles. The van der Waals surface area contributed by atoms with Crippen molar-refractivity contribution >= 4 is 17.4 Å². The van der Waals surface area contributed by atoms with Crippen LogP contribution in [0.25, 0.3) is 0 Å². The fourth-order valence-corrected chi connectivity index (χ4v) is 2.42. The number of nitrogens with zero attached hydrogens (tertiary/aromatic N) is 2. The van der Waals surface area contributed by atoms with E-state index in [1.165, 1.54) is 5.56 Å². The van der Waals surface area contributed by atoms with E-state index in [-0.39, 0.29) is 6.03 Å². The average Bonchev–Trinajstić information content (AvgIpc) is 2.92. The van der Waals surface area contributed by atoms with Gasteiger partial charge in [-0.1, -0.05) is 30.3 Å². The Morgan fingerprint density at radius 1 is 1.15 bits per heavy atom. The number of para-hydroxylation sites is 2. The number of urea groups is 1. The molecule has 1 aliphatic rings. The Bertz CT molecular complexity index is 703. The summed E-state index contributed by atoms with van der Waals surface area (Å²) in [6, 6.07) is 16.8. The van der Waals surface area contributed by atoms with Gasteiger partial charge in [-0.25, -0.2) is 4.79 Å². The fourth-order valence-electron chi connectivity index (χ4n) is 2.42. The molecule has 0 atom stereocenters. The molecule has 3 rings (SSSR count). The summed E-state index contributed by atoms with van der Waals surface area (Å²) in [5.41, 5.74) is 3.13. The summed E-state index contributed by atoms with van der Waals surface area (Å²) in [5, 5.41) is 11.8. The third-order valence-electron chi connectivity index (χ3n) is 3.42. The molecule has 0 saturated carbocycles. The van der Waals surface area contributed by atoms with Crippen molar-refractivity contribution in [3.8, 4) is 6.07 Å². The van der Waals surface area contributed by atoms with Crippen molar-refractivity contribution in [1.82, 2.24) is 0 Å². The van der Waals surface area contributed by atoms with Gasteiger partial charge in [0, 0.05) is 12.2 Å². The minimum absolute atomic E-state index is 0.197. The molecule has 20 heavy (non-hydrogen) atoms. The van der Waals surface area contributed by atoms with E-state index in [0.717, 1.165) is 12.1 Å². The van der Waals surface area contributed by atoms with Gasteiger partial charge in [0.1, 0.15) is 6.07 Å². The maximum Gasteiger partial charge on any atom is 0.326 e. The second-order valence-electron chi connectivity index (χ2n) is 4.62. The lowest BCUT2D eigenvalue weighted by Crippen LogP contribution is -2.33. The van der Waals surface area contributed by atoms with Crippen LogP contribution in [0.2, 0.25) is 0 Å². The highest BCUT2D eigenvalue weighted by Crippen LogP contribution is 2.28. The molecule has 4 heteroatoms. The third-order valence-corrected chi connectivity index (χ3v) is 3.42. The molecule has 0 radical (unpaired) electrons. The third kappa shape index (κ3) is 2.10. The second-order valence-corrected chi connectivity index (χ2v) is 4.62. The quantitative estimate of drug-likeness (QED) is 0.859. The summed E-state index contributed by atoms with van der Waals surface area (Å²) in [5.74, 6) is 0. The van der Waals surface area contributed by atoms with Gasteiger partial charge in [-0.3, -0.25) is 4.90 Å². The number of hydrogen-bond acceptors (Lipinski definition) is 2. The lowest BCUT2D eigenvalue weighted by Gasteiger charge is -2.18. The number of amides is 2. The van der Waals surface area contributed by atoms with Crippen LogP contribution in [0.15, 0.2) is 48.5 Å². The first-order valence-electron chi connectivity index (χ1n) is 6.45. The zero-order valence-corrected chi connectivity index (χ0v) is 10.8. The van der Waals surface area contributed by atoms with Crippen LogP contribution in [0, 0.1) is 11.3 Å². The summed E-state index contributed by atoms with van der Waals surface area (Å²) in [6.07, 6.45) is 0.865. The van der Waals surface area contributed by atoms with E-state index in [9.17, 15) is 4.79 Å². The number of benzene rings is 2. The number of hydrogen-bond donors (Lipinski definition) is 1. The van der Waals surface area contributed by atoms with E-state index in [1.54, 1.807) is 29.2 Å². The van der Waals surface area contributed by atoms with Crippen LogP contribution >= 0.6 is 0 Å². The number of nitriles is 1. The van der Waals surface area contributed by atoms with Crippen molar-refractivity contribution in [2.75, 3.05) is 16.8 Å². The molecule has 0 unspecified atom stereocenters. The molecule has 0 spiro atoms. The first-order valence-corrected chi connectivity index (χ1v) is 6.45. The largest absolute Gasteiger partial charge is 0.326 e. The predicted molar refractivity (Wildman–Crippen MR) is 77.7 cm³/mol. The predicted octanol–water partition coefficient (Wildman–Crippen LogP) is 3.15. The number of carbonyl (C=O) groups excluding carboxylic acids is 1. The number of carbonyl (C=O) groups is 1.